The van der Waals surface area contributed by atoms with E-state index >= 15 is 0 Å². The molecule has 0 aliphatic carbocycles. The summed E-state index contributed by atoms with van der Waals surface area (Å²) >= 11 is 0. The van der Waals surface area contributed by atoms with E-state index < -0.39 is 6.04 Å². The summed E-state index contributed by atoms with van der Waals surface area (Å²) in [4.78, 5) is 28.0. The van der Waals surface area contributed by atoms with Crippen LogP contribution >= 0.6 is 0 Å². The van der Waals surface area contributed by atoms with Gasteiger partial charge >= 0.3 is 0 Å². The van der Waals surface area contributed by atoms with Crippen LogP contribution in [-0.2, 0) is 22.6 Å². The third-order valence-corrected chi connectivity index (χ3v) is 5.37. The van der Waals surface area contributed by atoms with Gasteiger partial charge in [0, 0.05) is 12.6 Å². The van der Waals surface area contributed by atoms with E-state index in [2.05, 4.69) is 5.32 Å². The number of nitrogens with one attached hydrogen (secondary N) is 1. The van der Waals surface area contributed by atoms with Crippen molar-refractivity contribution in [2.24, 2.45) is 0 Å². The molecule has 0 radical (unpaired) electrons. The van der Waals surface area contributed by atoms with Crippen LogP contribution in [0.1, 0.15) is 50.3 Å². The smallest absolute Gasteiger partial charge is 0.243 e. The monoisotopic (exact) mass is 410 g/mol. The van der Waals surface area contributed by atoms with Crippen LogP contribution in [0.25, 0.3) is 0 Å². The van der Waals surface area contributed by atoms with Crippen LogP contribution < -0.4 is 10.1 Å². The average Bonchev–Trinajstić information content (AvgIpc) is 2.75. The highest BCUT2D eigenvalue weighted by molar-refractivity contribution is 5.88. The highest BCUT2D eigenvalue weighted by Gasteiger charge is 2.29. The number of benzene rings is 2. The molecule has 0 spiro atoms. The van der Waals surface area contributed by atoms with Crippen molar-refractivity contribution >= 4 is 11.8 Å². The van der Waals surface area contributed by atoms with Gasteiger partial charge in [-0.05, 0) is 49.9 Å². The Hall–Kier alpha value is -2.82. The van der Waals surface area contributed by atoms with Crippen LogP contribution in [0.5, 0.6) is 5.75 Å². The first-order valence-electron chi connectivity index (χ1n) is 10.7. The van der Waals surface area contributed by atoms with Gasteiger partial charge < -0.3 is 15.0 Å². The van der Waals surface area contributed by atoms with E-state index in [1.54, 1.807) is 12.0 Å². The lowest BCUT2D eigenvalue weighted by Gasteiger charge is -2.31. The number of carbonyl (C=O) groups is 2. The predicted octanol–water partition coefficient (Wildman–Crippen LogP) is 4.27. The lowest BCUT2D eigenvalue weighted by molar-refractivity contribution is -0.141. The van der Waals surface area contributed by atoms with Crippen molar-refractivity contribution in [2.75, 3.05) is 7.11 Å². The van der Waals surface area contributed by atoms with Crippen LogP contribution in [0.4, 0.5) is 0 Å². The van der Waals surface area contributed by atoms with Crippen LogP contribution in [0, 0.1) is 6.92 Å². The van der Waals surface area contributed by atoms with Crippen molar-refractivity contribution < 1.29 is 14.3 Å². The summed E-state index contributed by atoms with van der Waals surface area (Å²) in [6.07, 6.45) is 1.64. The predicted molar refractivity (Wildman–Crippen MR) is 120 cm³/mol. The van der Waals surface area contributed by atoms with Gasteiger partial charge in [0.05, 0.1) is 13.5 Å². The second-order valence-electron chi connectivity index (χ2n) is 7.77. The molecule has 1 N–H and O–H groups in total. The number of amides is 2. The lowest BCUT2D eigenvalue weighted by Crippen LogP contribution is -2.51. The molecule has 2 rings (SSSR count). The highest BCUT2D eigenvalue weighted by atomic mass is 16.5. The second-order valence-corrected chi connectivity index (χ2v) is 7.77. The Morgan fingerprint density at radius 3 is 2.10 bits per heavy atom. The standard InChI is InChI=1S/C25H34N2O3/c1-6-19(4)26-25(29)23(7-2)27(17-21-10-8-18(3)9-11-21)24(28)16-20-12-14-22(30-5)15-13-20/h8-15,19,23H,6-7,16-17H2,1-5H3,(H,26,29)/t19-,23-/m1/s1. The highest BCUT2D eigenvalue weighted by Crippen LogP contribution is 2.17. The number of hydrogen-bond donors (Lipinski definition) is 1. The largest absolute Gasteiger partial charge is 0.497 e. The second kappa shape index (κ2) is 11.4. The molecule has 5 nitrogen and oxygen atoms in total. The minimum atomic E-state index is -0.508. The number of carbonyl (C=O) groups excluding carboxylic acids is 2. The molecule has 0 saturated carbocycles. The van der Waals surface area contributed by atoms with E-state index in [0.29, 0.717) is 13.0 Å². The third-order valence-electron chi connectivity index (χ3n) is 5.37. The number of methoxy groups -OCH3 is 1. The van der Waals surface area contributed by atoms with E-state index in [1.165, 1.54) is 0 Å². The number of nitrogens with zero attached hydrogens (tertiary/aromatic N) is 1. The summed E-state index contributed by atoms with van der Waals surface area (Å²) in [6.45, 7) is 8.40. The first-order chi connectivity index (χ1) is 14.4. The summed E-state index contributed by atoms with van der Waals surface area (Å²) in [6, 6.07) is 15.1. The molecule has 2 atom stereocenters. The van der Waals surface area contributed by atoms with Gasteiger partial charge in [0.25, 0.3) is 0 Å². The SMILES string of the molecule is CC[C@@H](C)NC(=O)[C@@H](CC)N(Cc1ccc(C)cc1)C(=O)Cc1ccc(OC)cc1. The molecule has 2 amide bonds. The normalized spacial score (nSPS) is 12.7. The molecule has 0 aliphatic rings. The van der Waals surface area contributed by atoms with Crippen molar-refractivity contribution in [1.29, 1.82) is 0 Å². The minimum Gasteiger partial charge on any atom is -0.497 e. The Balaban J connectivity index is 2.26. The average molecular weight is 411 g/mol. The summed E-state index contributed by atoms with van der Waals surface area (Å²) < 4.78 is 5.20. The van der Waals surface area contributed by atoms with Crippen LogP contribution in [-0.4, -0.2) is 35.9 Å². The zero-order valence-electron chi connectivity index (χ0n) is 18.8. The van der Waals surface area contributed by atoms with E-state index in [1.807, 2.05) is 76.2 Å². The summed E-state index contributed by atoms with van der Waals surface area (Å²) in [5.74, 6) is 0.594. The number of aryl methyl sites for hydroxylation is 1. The minimum absolute atomic E-state index is 0.0631. The van der Waals surface area contributed by atoms with Crippen molar-refractivity contribution in [3.05, 3.63) is 65.2 Å². The summed E-state index contributed by atoms with van der Waals surface area (Å²) in [5, 5.41) is 3.04. The molecule has 0 aromatic heterocycles. The molecule has 5 heteroatoms. The topological polar surface area (TPSA) is 58.6 Å². The van der Waals surface area contributed by atoms with E-state index in [0.717, 1.165) is 28.9 Å². The molecule has 162 valence electrons. The molecule has 2 aromatic rings. The number of hydrogen-bond acceptors (Lipinski definition) is 3. The van der Waals surface area contributed by atoms with Gasteiger partial charge in [-0.2, -0.15) is 0 Å². The van der Waals surface area contributed by atoms with Crippen LogP contribution in [0.15, 0.2) is 48.5 Å². The molecule has 0 aliphatic heterocycles. The van der Waals surface area contributed by atoms with E-state index in [-0.39, 0.29) is 24.3 Å². The summed E-state index contributed by atoms with van der Waals surface area (Å²) in [5.41, 5.74) is 3.07. The first kappa shape index (κ1) is 23.5. The van der Waals surface area contributed by atoms with Crippen LogP contribution in [0.3, 0.4) is 0 Å². The summed E-state index contributed by atoms with van der Waals surface area (Å²) in [7, 11) is 1.62. The maximum atomic E-state index is 13.3. The van der Waals surface area contributed by atoms with Gasteiger partial charge in [-0.1, -0.05) is 55.8 Å². The Labute approximate surface area is 180 Å². The molecule has 0 saturated heterocycles. The van der Waals surface area contributed by atoms with Crippen molar-refractivity contribution in [3.8, 4) is 5.75 Å². The maximum absolute atomic E-state index is 13.3. The molecular formula is C25H34N2O3. The van der Waals surface area contributed by atoms with Gasteiger partial charge in [0.15, 0.2) is 0 Å². The van der Waals surface area contributed by atoms with Gasteiger partial charge in [0.1, 0.15) is 11.8 Å². The third kappa shape index (κ3) is 6.61. The number of rotatable bonds is 10. The molecular weight excluding hydrogens is 376 g/mol. The first-order valence-corrected chi connectivity index (χ1v) is 10.7. The molecule has 0 unspecified atom stereocenters. The fourth-order valence-electron chi connectivity index (χ4n) is 3.27. The fraction of sp³-hybridized carbons (Fsp3) is 0.440. The molecule has 2 aromatic carbocycles. The fourth-order valence-corrected chi connectivity index (χ4v) is 3.27. The quantitative estimate of drug-likeness (QED) is 0.636. The van der Waals surface area contributed by atoms with E-state index in [4.69, 9.17) is 4.74 Å². The molecule has 30 heavy (non-hydrogen) atoms. The van der Waals surface area contributed by atoms with Gasteiger partial charge in [-0.15, -0.1) is 0 Å². The van der Waals surface area contributed by atoms with Gasteiger partial charge in [0.2, 0.25) is 11.8 Å². The van der Waals surface area contributed by atoms with E-state index in [9.17, 15) is 9.59 Å². The van der Waals surface area contributed by atoms with Gasteiger partial charge in [-0.25, -0.2) is 0 Å². The molecule has 0 bridgehead atoms. The molecule has 0 fully saturated rings. The Kier molecular flexibility index (Phi) is 8.90. The number of ether oxygens (including phenoxy) is 1. The Morgan fingerprint density at radius 2 is 1.57 bits per heavy atom. The van der Waals surface area contributed by atoms with Crippen molar-refractivity contribution in [1.82, 2.24) is 10.2 Å². The zero-order chi connectivity index (χ0) is 22.1. The Bertz CT molecular complexity index is 815. The maximum Gasteiger partial charge on any atom is 0.243 e. The Morgan fingerprint density at radius 1 is 0.967 bits per heavy atom. The molecule has 0 heterocycles. The van der Waals surface area contributed by atoms with Crippen molar-refractivity contribution in [2.45, 2.75) is 65.6 Å². The zero-order valence-corrected chi connectivity index (χ0v) is 18.8. The lowest BCUT2D eigenvalue weighted by atomic mass is 10.1. The van der Waals surface area contributed by atoms with Gasteiger partial charge in [-0.3, -0.25) is 9.59 Å². The van der Waals surface area contributed by atoms with Crippen LogP contribution in [0.2, 0.25) is 0 Å². The van der Waals surface area contributed by atoms with Crippen molar-refractivity contribution in [3.63, 3.8) is 0 Å².